The Morgan fingerprint density at radius 2 is 1.89 bits per heavy atom. The van der Waals surface area contributed by atoms with Crippen LogP contribution in [0.15, 0.2) is 75.5 Å². The molecule has 0 aliphatic heterocycles. The lowest BCUT2D eigenvalue weighted by Gasteiger charge is -2.08. The molecule has 0 atom stereocenters. The standard InChI is InChI=1S/C28H21Cl2N3O3S/c1-15-5-4-6-23(16(15)2)31-27-20(12-18-11-19(35-3)8-10-25(18)36-27)26(34)33-28-32-24(14-37-28)17-7-9-21(29)22(30)13-17/h4-14H,1-3H3,(H,32,33,34). The smallest absolute Gasteiger partial charge is 0.262 e. The van der Waals surface area contributed by atoms with Crippen molar-refractivity contribution in [2.75, 3.05) is 12.4 Å². The van der Waals surface area contributed by atoms with Crippen molar-refractivity contribution < 1.29 is 13.9 Å². The molecule has 0 saturated heterocycles. The number of nitrogens with one attached hydrogen (secondary N) is 1. The van der Waals surface area contributed by atoms with E-state index in [1.54, 1.807) is 37.4 Å². The molecule has 6 nitrogen and oxygen atoms in total. The molecule has 1 amide bonds. The number of hydrogen-bond acceptors (Lipinski definition) is 6. The van der Waals surface area contributed by atoms with Crippen LogP contribution in [-0.4, -0.2) is 18.0 Å². The molecule has 186 valence electrons. The first-order valence-corrected chi connectivity index (χ1v) is 12.9. The number of anilines is 1. The van der Waals surface area contributed by atoms with Crippen molar-refractivity contribution in [3.8, 4) is 17.0 Å². The minimum Gasteiger partial charge on any atom is -0.497 e. The van der Waals surface area contributed by atoms with E-state index < -0.39 is 5.91 Å². The monoisotopic (exact) mass is 549 g/mol. The molecule has 5 aromatic rings. The van der Waals surface area contributed by atoms with Crippen LogP contribution in [0.25, 0.3) is 22.2 Å². The molecule has 3 aromatic carbocycles. The van der Waals surface area contributed by atoms with Crippen molar-refractivity contribution in [3.05, 3.63) is 98.3 Å². The maximum absolute atomic E-state index is 13.5. The number of thiazole rings is 1. The van der Waals surface area contributed by atoms with Gasteiger partial charge in [-0.25, -0.2) is 9.98 Å². The second kappa shape index (κ2) is 10.4. The summed E-state index contributed by atoms with van der Waals surface area (Å²) in [5, 5.41) is 6.75. The van der Waals surface area contributed by atoms with Gasteiger partial charge in [0.1, 0.15) is 16.9 Å². The van der Waals surface area contributed by atoms with Gasteiger partial charge in [0.05, 0.1) is 28.5 Å². The summed E-state index contributed by atoms with van der Waals surface area (Å²) in [6, 6.07) is 18.2. The fourth-order valence-electron chi connectivity index (χ4n) is 3.73. The predicted molar refractivity (Wildman–Crippen MR) is 149 cm³/mol. The first-order valence-electron chi connectivity index (χ1n) is 11.3. The number of aromatic nitrogens is 1. The SMILES string of the molecule is COc1ccc2oc(=Nc3cccc(C)c3C)c(C(=O)Nc3nc(-c4ccc(Cl)c(Cl)c4)cs3)cc2c1. The first-order chi connectivity index (χ1) is 17.8. The maximum atomic E-state index is 13.5. The van der Waals surface area contributed by atoms with Crippen LogP contribution in [0.3, 0.4) is 0 Å². The average Bonchev–Trinajstić information content (AvgIpc) is 3.36. The number of rotatable bonds is 5. The Hall–Kier alpha value is -3.65. The predicted octanol–water partition coefficient (Wildman–Crippen LogP) is 7.97. The molecule has 9 heteroatoms. The molecule has 0 radical (unpaired) electrons. The number of carbonyl (C=O) groups is 1. The molecule has 0 fully saturated rings. The summed E-state index contributed by atoms with van der Waals surface area (Å²) in [7, 11) is 1.59. The lowest BCUT2D eigenvalue weighted by Crippen LogP contribution is -2.21. The fourth-order valence-corrected chi connectivity index (χ4v) is 4.74. The van der Waals surface area contributed by atoms with Crippen molar-refractivity contribution in [2.24, 2.45) is 4.99 Å². The van der Waals surface area contributed by atoms with Crippen molar-refractivity contribution in [1.82, 2.24) is 4.98 Å². The molecular weight excluding hydrogens is 529 g/mol. The Balaban J connectivity index is 1.56. The second-order valence-electron chi connectivity index (χ2n) is 8.32. The number of halogens is 2. The van der Waals surface area contributed by atoms with Crippen molar-refractivity contribution >= 4 is 62.2 Å². The lowest BCUT2D eigenvalue weighted by atomic mass is 10.1. The molecular formula is C28H21Cl2N3O3S. The van der Waals surface area contributed by atoms with Crippen LogP contribution in [-0.2, 0) is 0 Å². The molecule has 2 aromatic heterocycles. The summed E-state index contributed by atoms with van der Waals surface area (Å²) in [6.07, 6.45) is 0. The largest absolute Gasteiger partial charge is 0.497 e. The zero-order valence-corrected chi connectivity index (χ0v) is 22.5. The van der Waals surface area contributed by atoms with Crippen LogP contribution in [0.4, 0.5) is 10.8 Å². The zero-order valence-electron chi connectivity index (χ0n) is 20.1. The van der Waals surface area contributed by atoms with Gasteiger partial charge in [0.2, 0.25) is 5.55 Å². The van der Waals surface area contributed by atoms with Gasteiger partial charge in [-0.05, 0) is 67.4 Å². The van der Waals surface area contributed by atoms with Crippen LogP contribution in [0.5, 0.6) is 5.75 Å². The van der Waals surface area contributed by atoms with E-state index in [1.165, 1.54) is 11.3 Å². The molecule has 2 heterocycles. The van der Waals surface area contributed by atoms with Crippen LogP contribution < -0.4 is 15.6 Å². The van der Waals surface area contributed by atoms with Crippen LogP contribution in [0.2, 0.25) is 10.0 Å². The Morgan fingerprint density at radius 1 is 1.05 bits per heavy atom. The summed E-state index contributed by atoms with van der Waals surface area (Å²) >= 11 is 13.5. The van der Waals surface area contributed by atoms with Crippen molar-refractivity contribution in [1.29, 1.82) is 0 Å². The van der Waals surface area contributed by atoms with Gasteiger partial charge in [-0.15, -0.1) is 11.3 Å². The molecule has 0 aliphatic rings. The Morgan fingerprint density at radius 3 is 2.68 bits per heavy atom. The van der Waals surface area contributed by atoms with Gasteiger partial charge in [-0.3, -0.25) is 10.1 Å². The molecule has 0 bridgehead atoms. The maximum Gasteiger partial charge on any atom is 0.262 e. The zero-order chi connectivity index (χ0) is 26.1. The van der Waals surface area contributed by atoms with E-state index in [4.69, 9.17) is 37.3 Å². The number of amides is 1. The van der Waals surface area contributed by atoms with Gasteiger partial charge in [-0.2, -0.15) is 0 Å². The lowest BCUT2D eigenvalue weighted by molar-refractivity contribution is 0.102. The fraction of sp³-hybridized carbons (Fsp3) is 0.107. The van der Waals surface area contributed by atoms with E-state index in [0.29, 0.717) is 37.6 Å². The third-order valence-corrected chi connectivity index (χ3v) is 7.43. The second-order valence-corrected chi connectivity index (χ2v) is 9.99. The summed E-state index contributed by atoms with van der Waals surface area (Å²) in [5.41, 5.74) is 5.34. The van der Waals surface area contributed by atoms with Crippen LogP contribution >= 0.6 is 34.5 Å². The van der Waals surface area contributed by atoms with Gasteiger partial charge in [0, 0.05) is 16.3 Å². The highest BCUT2D eigenvalue weighted by molar-refractivity contribution is 7.14. The van der Waals surface area contributed by atoms with Crippen LogP contribution in [0, 0.1) is 13.8 Å². The van der Waals surface area contributed by atoms with E-state index in [0.717, 1.165) is 22.4 Å². The summed E-state index contributed by atoms with van der Waals surface area (Å²) in [6.45, 7) is 4.00. The van der Waals surface area contributed by atoms with Gasteiger partial charge in [0.25, 0.3) is 5.91 Å². The normalized spacial score (nSPS) is 11.6. The highest BCUT2D eigenvalue weighted by atomic mass is 35.5. The molecule has 37 heavy (non-hydrogen) atoms. The number of aryl methyl sites for hydroxylation is 1. The minimum atomic E-state index is -0.396. The van der Waals surface area contributed by atoms with Crippen LogP contribution in [0.1, 0.15) is 21.5 Å². The van der Waals surface area contributed by atoms with Gasteiger partial charge in [0.15, 0.2) is 5.13 Å². The summed E-state index contributed by atoms with van der Waals surface area (Å²) < 4.78 is 11.5. The minimum absolute atomic E-state index is 0.199. The molecule has 0 saturated carbocycles. The van der Waals surface area contributed by atoms with Gasteiger partial charge < -0.3 is 9.15 Å². The number of fused-ring (bicyclic) bond motifs is 1. The molecule has 1 N–H and O–H groups in total. The number of hydrogen-bond donors (Lipinski definition) is 1. The average molecular weight is 550 g/mol. The molecule has 0 aliphatic carbocycles. The molecule has 5 rings (SSSR count). The Labute approximate surface area is 227 Å². The number of methoxy groups -OCH3 is 1. The van der Waals surface area contributed by atoms with E-state index in [9.17, 15) is 4.79 Å². The number of nitrogens with zero attached hydrogens (tertiary/aromatic N) is 2. The quantitative estimate of drug-likeness (QED) is 0.241. The summed E-state index contributed by atoms with van der Waals surface area (Å²) in [4.78, 5) is 22.8. The van der Waals surface area contributed by atoms with E-state index >= 15 is 0 Å². The van der Waals surface area contributed by atoms with E-state index in [2.05, 4.69) is 10.3 Å². The first kappa shape index (κ1) is 25.0. The van der Waals surface area contributed by atoms with Gasteiger partial charge in [-0.1, -0.05) is 41.4 Å². The number of carbonyl (C=O) groups excluding carboxylic acids is 1. The third-order valence-electron chi connectivity index (χ3n) is 5.94. The molecule has 0 unspecified atom stereocenters. The summed E-state index contributed by atoms with van der Waals surface area (Å²) in [5.74, 6) is 0.257. The van der Waals surface area contributed by atoms with Gasteiger partial charge >= 0.3 is 0 Å². The Bertz CT molecular complexity index is 1730. The third kappa shape index (κ3) is 5.25. The van der Waals surface area contributed by atoms with E-state index in [-0.39, 0.29) is 11.1 Å². The van der Waals surface area contributed by atoms with E-state index in [1.807, 2.05) is 49.6 Å². The highest BCUT2D eigenvalue weighted by Crippen LogP contribution is 2.31. The number of ether oxygens (including phenoxy) is 1. The Kier molecular flexibility index (Phi) is 7.02. The molecule has 0 spiro atoms. The topological polar surface area (TPSA) is 76.7 Å². The van der Waals surface area contributed by atoms with Crippen molar-refractivity contribution in [2.45, 2.75) is 13.8 Å². The highest BCUT2D eigenvalue weighted by Gasteiger charge is 2.16. The number of benzene rings is 3. The van der Waals surface area contributed by atoms with Crippen molar-refractivity contribution in [3.63, 3.8) is 0 Å².